The Labute approximate surface area is 176 Å². The second-order valence-corrected chi connectivity index (χ2v) is 10.6. The molecule has 2 rings (SSSR count). The molecule has 170 valence electrons. The molecule has 30 heavy (non-hydrogen) atoms. The molecule has 0 radical (unpaired) electrons. The zero-order chi connectivity index (χ0) is 22.7. The number of carbonyl (C=O) groups is 1. The predicted octanol–water partition coefficient (Wildman–Crippen LogP) is -0.471. The minimum absolute atomic E-state index is 0.0160. The Bertz CT molecular complexity index is 920. The maximum Gasteiger partial charge on any atom is 0.407 e. The highest BCUT2D eigenvalue weighted by atomic mass is 32.2. The van der Waals surface area contributed by atoms with Crippen LogP contribution < -0.4 is 11.2 Å². The van der Waals surface area contributed by atoms with Crippen molar-refractivity contribution in [1.82, 2.24) is 14.2 Å². The van der Waals surface area contributed by atoms with Crippen molar-refractivity contribution in [3.63, 3.8) is 0 Å². The molecule has 0 saturated carbocycles. The van der Waals surface area contributed by atoms with Gasteiger partial charge in [-0.2, -0.15) is 0 Å². The number of thioether (sulfide) groups is 1. The van der Waals surface area contributed by atoms with Crippen LogP contribution in [0.3, 0.4) is 0 Å². The van der Waals surface area contributed by atoms with Gasteiger partial charge < -0.3 is 14.9 Å². The average molecular weight is 467 g/mol. The molecule has 1 aliphatic rings. The number of carbonyl (C=O) groups excluding carboxylic acids is 1. The summed E-state index contributed by atoms with van der Waals surface area (Å²) in [4.78, 5) is 36.3. The highest BCUT2D eigenvalue weighted by molar-refractivity contribution is 8.13. The molecule has 3 N–H and O–H groups in total. The Kier molecular flexibility index (Phi) is 8.22. The molecule has 1 aromatic heterocycles. The molecule has 1 aliphatic heterocycles. The third kappa shape index (κ3) is 5.68. The minimum Gasteiger partial charge on any atom is -0.387 e. The Morgan fingerprint density at radius 1 is 1.40 bits per heavy atom. The van der Waals surface area contributed by atoms with Crippen LogP contribution in [0.1, 0.15) is 20.1 Å². The van der Waals surface area contributed by atoms with E-state index >= 15 is 0 Å². The van der Waals surface area contributed by atoms with Crippen molar-refractivity contribution in [3.8, 4) is 0 Å². The first kappa shape index (κ1) is 25.0. The first-order valence-corrected chi connectivity index (χ1v) is 11.4. The van der Waals surface area contributed by atoms with E-state index in [4.69, 9.17) is 13.8 Å². The van der Waals surface area contributed by atoms with Crippen molar-refractivity contribution in [2.45, 2.75) is 37.9 Å². The molecular weight excluding hydrogens is 441 g/mol. The third-order valence-corrected chi connectivity index (χ3v) is 7.13. The maximum absolute atomic E-state index is 13.0. The van der Waals surface area contributed by atoms with E-state index in [2.05, 4.69) is 0 Å². The van der Waals surface area contributed by atoms with E-state index in [-0.39, 0.29) is 17.5 Å². The molecule has 1 saturated heterocycles. The first-order chi connectivity index (χ1) is 13.9. The molecular formula is C16H26N3O9PS. The largest absolute Gasteiger partial charge is 0.407 e. The average Bonchev–Trinajstić information content (AvgIpc) is 2.88. The van der Waals surface area contributed by atoms with Crippen molar-refractivity contribution in [2.75, 3.05) is 33.1 Å². The standard InChI is InChI=1S/C16H26N3O9PS/c1-10(20)30-8-7-26-29(25,18(3)4)27-9-16(2)13(23)12(22)14(28-16)19-6-5-11(21)17-15(19)24/h5-6,12-14,22-23H,7-9H2,1-4H3,(H,17,21,24)/t12-,13?,14+,16+,29?/m0/s1. The molecule has 0 spiro atoms. The third-order valence-electron chi connectivity index (χ3n) is 4.40. The van der Waals surface area contributed by atoms with Crippen LogP contribution in [0.25, 0.3) is 0 Å². The van der Waals surface area contributed by atoms with Crippen LogP contribution in [0.4, 0.5) is 0 Å². The van der Waals surface area contributed by atoms with Crippen LogP contribution in [0.5, 0.6) is 0 Å². The Hall–Kier alpha value is -1.31. The lowest BCUT2D eigenvalue weighted by Crippen LogP contribution is -2.44. The molecule has 2 heterocycles. The number of hydrogen-bond donors (Lipinski definition) is 3. The minimum atomic E-state index is -3.78. The summed E-state index contributed by atoms with van der Waals surface area (Å²) >= 11 is 1.01. The maximum atomic E-state index is 13.0. The number of aliphatic hydroxyl groups excluding tert-OH is 2. The van der Waals surface area contributed by atoms with Gasteiger partial charge in [0, 0.05) is 24.9 Å². The van der Waals surface area contributed by atoms with E-state index in [0.717, 1.165) is 28.6 Å². The van der Waals surface area contributed by atoms with Crippen LogP contribution in [0.15, 0.2) is 21.9 Å². The SMILES string of the molecule is CC(=O)SCCOP(=O)(OC[C@@]1(C)O[C@@H](n2ccc(=O)[nH]c2=O)[C@@H](O)C1O)N(C)C. The number of ether oxygens (including phenoxy) is 1. The number of aromatic nitrogens is 2. The van der Waals surface area contributed by atoms with Crippen LogP contribution in [-0.4, -0.2) is 80.4 Å². The van der Waals surface area contributed by atoms with E-state index in [1.165, 1.54) is 32.6 Å². The van der Waals surface area contributed by atoms with Crippen molar-refractivity contribution >= 4 is 24.6 Å². The van der Waals surface area contributed by atoms with Crippen LogP contribution in [0.2, 0.25) is 0 Å². The first-order valence-electron chi connectivity index (χ1n) is 8.95. The van der Waals surface area contributed by atoms with Gasteiger partial charge in [0.25, 0.3) is 5.56 Å². The molecule has 1 aromatic rings. The van der Waals surface area contributed by atoms with Gasteiger partial charge in [-0.15, -0.1) is 0 Å². The Balaban J connectivity index is 2.11. The molecule has 0 amide bonds. The second-order valence-electron chi connectivity index (χ2n) is 7.04. The second kappa shape index (κ2) is 9.88. The lowest BCUT2D eigenvalue weighted by atomic mass is 9.99. The van der Waals surface area contributed by atoms with Crippen molar-refractivity contribution in [2.24, 2.45) is 0 Å². The van der Waals surface area contributed by atoms with Gasteiger partial charge in [0.1, 0.15) is 17.8 Å². The number of aliphatic hydroxyl groups is 2. The van der Waals surface area contributed by atoms with E-state index in [9.17, 15) is 29.2 Å². The van der Waals surface area contributed by atoms with E-state index in [1.807, 2.05) is 4.98 Å². The van der Waals surface area contributed by atoms with E-state index in [1.54, 1.807) is 0 Å². The van der Waals surface area contributed by atoms with Crippen molar-refractivity contribution in [3.05, 3.63) is 33.1 Å². The quantitative estimate of drug-likeness (QED) is 0.318. The molecule has 2 unspecified atom stereocenters. The number of aromatic amines is 1. The molecule has 14 heteroatoms. The number of H-pyrrole nitrogens is 1. The fraction of sp³-hybridized carbons (Fsp3) is 0.688. The Morgan fingerprint density at radius 2 is 2.07 bits per heavy atom. The van der Waals surface area contributed by atoms with Gasteiger partial charge in [0.05, 0.1) is 13.2 Å². The van der Waals surface area contributed by atoms with Gasteiger partial charge in [-0.05, 0) is 21.0 Å². The number of nitrogens with one attached hydrogen (secondary N) is 1. The smallest absolute Gasteiger partial charge is 0.387 e. The summed E-state index contributed by atoms with van der Waals surface area (Å²) in [6.07, 6.45) is -3.18. The molecule has 0 aliphatic carbocycles. The fourth-order valence-corrected chi connectivity index (χ4v) is 4.57. The summed E-state index contributed by atoms with van der Waals surface area (Å²) in [6, 6.07) is 1.07. The van der Waals surface area contributed by atoms with Crippen LogP contribution >= 0.6 is 19.5 Å². The molecule has 5 atom stereocenters. The van der Waals surface area contributed by atoms with Crippen LogP contribution in [0, 0.1) is 0 Å². The lowest BCUT2D eigenvalue weighted by molar-refractivity contribution is -0.115. The molecule has 0 aromatic carbocycles. The normalized spacial score (nSPS) is 28.6. The molecule has 1 fully saturated rings. The summed E-state index contributed by atoms with van der Waals surface area (Å²) in [5, 5.41) is 20.7. The Morgan fingerprint density at radius 3 is 2.63 bits per heavy atom. The number of rotatable bonds is 9. The zero-order valence-corrected chi connectivity index (χ0v) is 18.7. The summed E-state index contributed by atoms with van der Waals surface area (Å²) < 4.78 is 31.6. The van der Waals surface area contributed by atoms with E-state index < -0.39 is 49.6 Å². The molecule has 0 bridgehead atoms. The van der Waals surface area contributed by atoms with E-state index in [0.29, 0.717) is 0 Å². The summed E-state index contributed by atoms with van der Waals surface area (Å²) in [7, 11) is -0.827. The summed E-state index contributed by atoms with van der Waals surface area (Å²) in [6.45, 7) is 2.37. The molecule has 12 nitrogen and oxygen atoms in total. The van der Waals surface area contributed by atoms with Gasteiger partial charge in [-0.1, -0.05) is 11.8 Å². The lowest BCUT2D eigenvalue weighted by Gasteiger charge is -2.31. The topological polar surface area (TPSA) is 160 Å². The van der Waals surface area contributed by atoms with Gasteiger partial charge >= 0.3 is 13.4 Å². The number of nitrogens with zero attached hydrogens (tertiary/aromatic N) is 2. The number of hydrogen-bond acceptors (Lipinski definition) is 10. The van der Waals surface area contributed by atoms with Gasteiger partial charge in [0.2, 0.25) is 0 Å². The zero-order valence-electron chi connectivity index (χ0n) is 17.0. The van der Waals surface area contributed by atoms with Gasteiger partial charge in [0.15, 0.2) is 11.3 Å². The summed E-state index contributed by atoms with van der Waals surface area (Å²) in [5.74, 6) is 0.281. The van der Waals surface area contributed by atoms with Crippen LogP contribution in [-0.2, 0) is 23.1 Å². The van der Waals surface area contributed by atoms with Gasteiger partial charge in [-0.25, -0.2) is 14.0 Å². The van der Waals surface area contributed by atoms with Crippen molar-refractivity contribution < 1.29 is 33.4 Å². The highest BCUT2D eigenvalue weighted by Gasteiger charge is 2.53. The van der Waals surface area contributed by atoms with Crippen molar-refractivity contribution in [1.29, 1.82) is 0 Å². The fourth-order valence-electron chi connectivity index (χ4n) is 2.72. The van der Waals surface area contributed by atoms with Gasteiger partial charge in [-0.3, -0.25) is 28.2 Å². The monoisotopic (exact) mass is 467 g/mol. The predicted molar refractivity (Wildman–Crippen MR) is 108 cm³/mol. The summed E-state index contributed by atoms with van der Waals surface area (Å²) in [5.41, 5.74) is -2.99. The highest BCUT2D eigenvalue weighted by Crippen LogP contribution is 2.51.